The average Bonchev–Trinajstić information content (AvgIpc) is 2.82. The van der Waals surface area contributed by atoms with Crippen molar-refractivity contribution in [1.29, 1.82) is 0 Å². The van der Waals surface area contributed by atoms with Gasteiger partial charge in [-0.15, -0.1) is 0 Å². The number of hydrogen-bond acceptors (Lipinski definition) is 5. The number of aromatic nitrogens is 2. The Morgan fingerprint density at radius 2 is 1.78 bits per heavy atom. The van der Waals surface area contributed by atoms with Crippen LogP contribution in [-0.4, -0.2) is 40.7 Å². The third kappa shape index (κ3) is 5.98. The quantitative estimate of drug-likeness (QED) is 0.410. The molecule has 4 rings (SSSR count). The Morgan fingerprint density at radius 3 is 2.42 bits per heavy atom. The Hall–Kier alpha value is -3.55. The van der Waals surface area contributed by atoms with E-state index in [2.05, 4.69) is 28.7 Å². The van der Waals surface area contributed by atoms with Crippen LogP contribution in [-0.2, 0) is 17.6 Å². The minimum absolute atomic E-state index is 0.144. The summed E-state index contributed by atoms with van der Waals surface area (Å²) in [7, 11) is 0. The molecule has 6 nitrogen and oxygen atoms in total. The predicted molar refractivity (Wildman–Crippen MR) is 134 cm³/mol. The van der Waals surface area contributed by atoms with Gasteiger partial charge < -0.3 is 14.7 Å². The van der Waals surface area contributed by atoms with E-state index in [1.807, 2.05) is 0 Å². The highest BCUT2D eigenvalue weighted by Gasteiger charge is 2.30. The van der Waals surface area contributed by atoms with Gasteiger partial charge in [0.1, 0.15) is 5.82 Å². The third-order valence-corrected chi connectivity index (χ3v) is 6.79. The van der Waals surface area contributed by atoms with E-state index in [9.17, 15) is 14.3 Å². The molecule has 0 atom stereocenters. The monoisotopic (exact) mass is 495 g/mol. The Bertz CT molecular complexity index is 1240. The maximum Gasteiger partial charge on any atom is 0.307 e. The summed E-state index contributed by atoms with van der Waals surface area (Å²) in [5, 5.41) is 9.56. The molecule has 0 radical (unpaired) electrons. The highest BCUT2D eigenvalue weighted by atomic mass is 19.1. The third-order valence-electron chi connectivity index (χ3n) is 6.79. The van der Waals surface area contributed by atoms with E-state index < -0.39 is 11.9 Å². The highest BCUT2D eigenvalue weighted by molar-refractivity contribution is 5.84. The molecule has 1 aliphatic heterocycles. The van der Waals surface area contributed by atoms with Crippen molar-refractivity contribution in [3.05, 3.63) is 71.2 Å². The van der Waals surface area contributed by atoms with Crippen LogP contribution >= 0.6 is 0 Å². The molecule has 1 saturated heterocycles. The van der Waals surface area contributed by atoms with Gasteiger partial charge >= 0.3 is 5.97 Å². The number of carbonyl (C=O) groups is 1. The summed E-state index contributed by atoms with van der Waals surface area (Å²) >= 11 is 0. The maximum absolute atomic E-state index is 15.3. The lowest BCUT2D eigenvalue weighted by Crippen LogP contribution is -2.38. The van der Waals surface area contributed by atoms with Crippen LogP contribution in [0.4, 0.5) is 14.5 Å². The molecular formula is C28H31F2N3O3. The number of piperidine rings is 1. The van der Waals surface area contributed by atoms with E-state index >= 15 is 4.39 Å². The minimum atomic E-state index is -0.959. The molecule has 0 unspecified atom stereocenters. The van der Waals surface area contributed by atoms with Gasteiger partial charge in [-0.2, -0.15) is 9.37 Å². The van der Waals surface area contributed by atoms with Crippen LogP contribution in [0.15, 0.2) is 42.6 Å². The Kier molecular flexibility index (Phi) is 7.52. The van der Waals surface area contributed by atoms with Gasteiger partial charge in [-0.3, -0.25) is 9.78 Å². The summed E-state index contributed by atoms with van der Waals surface area (Å²) in [5.74, 6) is -1.83. The lowest BCUT2D eigenvalue weighted by Gasteiger charge is -2.40. The van der Waals surface area contributed by atoms with Gasteiger partial charge in [0.25, 0.3) is 0 Å². The molecule has 3 aromatic rings. The molecule has 1 N–H and O–H groups in total. The van der Waals surface area contributed by atoms with E-state index in [0.29, 0.717) is 28.9 Å². The summed E-state index contributed by atoms with van der Waals surface area (Å²) in [5.41, 5.74) is 3.81. The fraction of sp³-hybridized carbons (Fsp3) is 0.393. The Morgan fingerprint density at radius 1 is 1.08 bits per heavy atom. The molecular weight excluding hydrogens is 464 g/mol. The largest absolute Gasteiger partial charge is 0.481 e. The molecule has 0 spiro atoms. The summed E-state index contributed by atoms with van der Waals surface area (Å²) in [6.45, 7) is 7.98. The second-order valence-electron chi connectivity index (χ2n) is 10.0. The van der Waals surface area contributed by atoms with Gasteiger partial charge in [-0.05, 0) is 48.9 Å². The second-order valence-corrected chi connectivity index (χ2v) is 10.0. The van der Waals surface area contributed by atoms with Crippen molar-refractivity contribution < 1.29 is 23.4 Å². The van der Waals surface area contributed by atoms with E-state index in [-0.39, 0.29) is 35.7 Å². The van der Waals surface area contributed by atoms with Gasteiger partial charge in [0.2, 0.25) is 11.8 Å². The summed E-state index contributed by atoms with van der Waals surface area (Å²) < 4.78 is 34.0. The van der Waals surface area contributed by atoms with Crippen molar-refractivity contribution in [3.8, 4) is 17.0 Å². The molecule has 0 aliphatic carbocycles. The maximum atomic E-state index is 15.3. The summed E-state index contributed by atoms with van der Waals surface area (Å²) in [6, 6.07) is 9.33. The summed E-state index contributed by atoms with van der Waals surface area (Å²) in [4.78, 5) is 22.2. The van der Waals surface area contributed by atoms with Crippen LogP contribution in [0, 0.1) is 24.1 Å². The zero-order valence-electron chi connectivity index (χ0n) is 20.9. The Balaban J connectivity index is 1.61. The van der Waals surface area contributed by atoms with Crippen molar-refractivity contribution in [2.75, 3.05) is 24.6 Å². The van der Waals surface area contributed by atoms with E-state index in [1.54, 1.807) is 37.4 Å². The normalized spacial score (nSPS) is 15.1. The van der Waals surface area contributed by atoms with Crippen LogP contribution in [0.3, 0.4) is 0 Å². The van der Waals surface area contributed by atoms with Crippen LogP contribution in [0.1, 0.15) is 43.5 Å². The number of rotatable bonds is 8. The number of hydrogen-bond donors (Lipinski definition) is 1. The Labute approximate surface area is 210 Å². The van der Waals surface area contributed by atoms with Crippen molar-refractivity contribution in [2.45, 2.75) is 46.5 Å². The first-order valence-electron chi connectivity index (χ1n) is 12.1. The van der Waals surface area contributed by atoms with Gasteiger partial charge in [-0.25, -0.2) is 4.39 Å². The molecule has 190 valence electrons. The van der Waals surface area contributed by atoms with E-state index in [0.717, 1.165) is 31.5 Å². The lowest BCUT2D eigenvalue weighted by atomic mass is 9.82. The van der Waals surface area contributed by atoms with Gasteiger partial charge in [0.15, 0.2) is 0 Å². The van der Waals surface area contributed by atoms with Gasteiger partial charge in [-0.1, -0.05) is 26.0 Å². The topological polar surface area (TPSA) is 75.6 Å². The molecule has 1 aliphatic rings. The fourth-order valence-corrected chi connectivity index (χ4v) is 4.51. The molecule has 2 aromatic heterocycles. The van der Waals surface area contributed by atoms with E-state index in [1.165, 1.54) is 12.1 Å². The number of benzene rings is 1. The first kappa shape index (κ1) is 25.5. The van der Waals surface area contributed by atoms with Gasteiger partial charge in [0.05, 0.1) is 18.7 Å². The van der Waals surface area contributed by atoms with Crippen LogP contribution in [0.25, 0.3) is 11.1 Å². The smallest absolute Gasteiger partial charge is 0.307 e. The van der Waals surface area contributed by atoms with Crippen LogP contribution in [0.5, 0.6) is 5.88 Å². The zero-order chi connectivity index (χ0) is 25.9. The number of aryl methyl sites for hydroxylation is 1. The molecule has 0 saturated carbocycles. The lowest BCUT2D eigenvalue weighted by molar-refractivity contribution is -0.136. The van der Waals surface area contributed by atoms with Gasteiger partial charge in [0, 0.05) is 54.2 Å². The molecule has 0 bridgehead atoms. The van der Waals surface area contributed by atoms with Crippen molar-refractivity contribution in [3.63, 3.8) is 0 Å². The number of carboxylic acids is 1. The number of aliphatic carboxylic acids is 1. The number of pyridine rings is 2. The number of anilines is 1. The molecule has 36 heavy (non-hydrogen) atoms. The van der Waals surface area contributed by atoms with Crippen molar-refractivity contribution >= 4 is 11.7 Å². The number of halogens is 2. The number of ether oxygens (including phenoxy) is 1. The summed E-state index contributed by atoms with van der Waals surface area (Å²) in [6.07, 6.45) is 3.83. The second kappa shape index (κ2) is 10.6. The molecule has 8 heteroatoms. The predicted octanol–water partition coefficient (Wildman–Crippen LogP) is 5.61. The number of carboxylic acid groups (broad SMARTS) is 1. The first-order chi connectivity index (χ1) is 17.1. The molecule has 1 aromatic carbocycles. The first-order valence-corrected chi connectivity index (χ1v) is 12.1. The molecule has 3 heterocycles. The fourth-order valence-electron chi connectivity index (χ4n) is 4.51. The van der Waals surface area contributed by atoms with Crippen LogP contribution in [0.2, 0.25) is 0 Å². The van der Waals surface area contributed by atoms with Crippen molar-refractivity contribution in [2.24, 2.45) is 5.41 Å². The highest BCUT2D eigenvalue weighted by Crippen LogP contribution is 2.40. The minimum Gasteiger partial charge on any atom is -0.481 e. The SMILES string of the molecule is Cc1ncc(-c2ccc(OCCc3ccc(F)cc3)nc2F)c(N2CCC(C)(C)CC2)c1CC(=O)O. The molecule has 0 amide bonds. The standard InChI is InChI=1S/C28H31F2N3O3/c1-18-22(16-25(34)35)26(33-13-11-28(2,3)12-14-33)23(17-31-18)21-8-9-24(32-27(21)30)36-15-10-19-4-6-20(29)7-5-19/h4-9,17H,10-16H2,1-3H3,(H,34,35). The van der Waals surface area contributed by atoms with E-state index in [4.69, 9.17) is 4.74 Å². The number of nitrogens with zero attached hydrogens (tertiary/aromatic N) is 3. The zero-order valence-corrected chi connectivity index (χ0v) is 20.9. The average molecular weight is 496 g/mol. The van der Waals surface area contributed by atoms with Crippen LogP contribution < -0.4 is 9.64 Å². The van der Waals surface area contributed by atoms with Crippen molar-refractivity contribution in [1.82, 2.24) is 9.97 Å². The molecule has 1 fully saturated rings.